The van der Waals surface area contributed by atoms with Crippen molar-refractivity contribution in [1.29, 1.82) is 0 Å². The Morgan fingerprint density at radius 2 is 1.79 bits per heavy atom. The monoisotopic (exact) mass is 265 g/mol. The van der Waals surface area contributed by atoms with Gasteiger partial charge >= 0.3 is 0 Å². The molecule has 0 spiro atoms. The van der Waals surface area contributed by atoms with Gasteiger partial charge in [0.05, 0.1) is 20.3 Å². The lowest BCUT2D eigenvalue weighted by atomic mass is 10.2. The molecular weight excluding hydrogens is 238 g/mol. The van der Waals surface area contributed by atoms with E-state index in [0.717, 1.165) is 25.4 Å². The smallest absolute Gasteiger partial charge is 0.118 e. The molecule has 1 aromatic carbocycles. The van der Waals surface area contributed by atoms with Crippen molar-refractivity contribution >= 4 is 0 Å². The lowest BCUT2D eigenvalue weighted by molar-refractivity contribution is 0.122. The average Bonchev–Trinajstić information content (AvgIpc) is 2.46. The van der Waals surface area contributed by atoms with E-state index in [1.54, 1.807) is 7.11 Å². The van der Waals surface area contributed by atoms with Gasteiger partial charge in [-0.05, 0) is 30.7 Å². The standard InChI is InChI=1S/C16H27NO2/c1-3-4-5-6-11-17-12-13-19-14-15-7-9-16(18-2)10-8-15/h7-10,17H,3-6,11-14H2,1-2H3. The second-order valence-electron chi connectivity index (χ2n) is 4.71. The third kappa shape index (κ3) is 7.85. The summed E-state index contributed by atoms with van der Waals surface area (Å²) >= 11 is 0. The normalized spacial score (nSPS) is 10.6. The Labute approximate surface area is 117 Å². The molecule has 1 N–H and O–H groups in total. The first-order chi connectivity index (χ1) is 9.36. The molecule has 0 saturated heterocycles. The Bertz CT molecular complexity index is 311. The molecule has 0 radical (unpaired) electrons. The molecule has 1 rings (SSSR count). The highest BCUT2D eigenvalue weighted by Gasteiger charge is 1.95. The Hall–Kier alpha value is -1.06. The first-order valence-electron chi connectivity index (χ1n) is 7.28. The lowest BCUT2D eigenvalue weighted by Crippen LogP contribution is -2.20. The van der Waals surface area contributed by atoms with Gasteiger partial charge in [-0.15, -0.1) is 0 Å². The Balaban J connectivity index is 1.95. The summed E-state index contributed by atoms with van der Waals surface area (Å²) in [6.45, 7) is 5.70. The fourth-order valence-corrected chi connectivity index (χ4v) is 1.86. The summed E-state index contributed by atoms with van der Waals surface area (Å²) in [5.74, 6) is 0.887. The van der Waals surface area contributed by atoms with E-state index in [0.29, 0.717) is 6.61 Å². The topological polar surface area (TPSA) is 30.5 Å². The molecule has 0 aliphatic heterocycles. The van der Waals surface area contributed by atoms with E-state index in [9.17, 15) is 0 Å². The zero-order chi connectivity index (χ0) is 13.8. The van der Waals surface area contributed by atoms with Gasteiger partial charge in [0, 0.05) is 6.54 Å². The predicted molar refractivity (Wildman–Crippen MR) is 79.7 cm³/mol. The van der Waals surface area contributed by atoms with Crippen molar-refractivity contribution in [3.8, 4) is 5.75 Å². The van der Waals surface area contributed by atoms with Crippen molar-refractivity contribution in [1.82, 2.24) is 5.32 Å². The minimum Gasteiger partial charge on any atom is -0.497 e. The maximum Gasteiger partial charge on any atom is 0.118 e. The summed E-state index contributed by atoms with van der Waals surface area (Å²) in [6.07, 6.45) is 5.24. The number of hydrogen-bond acceptors (Lipinski definition) is 3. The third-order valence-electron chi connectivity index (χ3n) is 3.06. The molecule has 3 heteroatoms. The highest BCUT2D eigenvalue weighted by atomic mass is 16.5. The van der Waals surface area contributed by atoms with E-state index in [4.69, 9.17) is 9.47 Å². The summed E-state index contributed by atoms with van der Waals surface area (Å²) in [6, 6.07) is 8.00. The van der Waals surface area contributed by atoms with Gasteiger partial charge in [0.2, 0.25) is 0 Å². The molecule has 0 heterocycles. The number of hydrogen-bond donors (Lipinski definition) is 1. The van der Waals surface area contributed by atoms with Crippen LogP contribution in [-0.2, 0) is 11.3 Å². The molecule has 3 nitrogen and oxygen atoms in total. The first kappa shape index (κ1) is 16.0. The van der Waals surface area contributed by atoms with Crippen LogP contribution in [0.25, 0.3) is 0 Å². The van der Waals surface area contributed by atoms with Gasteiger partial charge < -0.3 is 14.8 Å². The Morgan fingerprint density at radius 1 is 1.00 bits per heavy atom. The van der Waals surface area contributed by atoms with Crippen LogP contribution >= 0.6 is 0 Å². The van der Waals surface area contributed by atoms with Gasteiger partial charge in [-0.1, -0.05) is 38.3 Å². The fourth-order valence-electron chi connectivity index (χ4n) is 1.86. The van der Waals surface area contributed by atoms with Crippen molar-refractivity contribution in [3.05, 3.63) is 29.8 Å². The molecule has 0 fully saturated rings. The largest absolute Gasteiger partial charge is 0.497 e. The maximum atomic E-state index is 5.62. The van der Waals surface area contributed by atoms with Crippen LogP contribution in [0.1, 0.15) is 38.2 Å². The summed E-state index contributed by atoms with van der Waals surface area (Å²) in [5, 5.41) is 3.40. The summed E-state index contributed by atoms with van der Waals surface area (Å²) in [5.41, 5.74) is 1.18. The van der Waals surface area contributed by atoms with Crippen LogP contribution in [0.4, 0.5) is 0 Å². The molecule has 0 bridgehead atoms. The quantitative estimate of drug-likeness (QED) is 0.622. The number of nitrogens with one attached hydrogen (secondary N) is 1. The number of ether oxygens (including phenoxy) is 2. The molecular formula is C16H27NO2. The molecule has 0 unspecified atom stereocenters. The maximum absolute atomic E-state index is 5.62. The zero-order valence-corrected chi connectivity index (χ0v) is 12.3. The number of benzene rings is 1. The first-order valence-corrected chi connectivity index (χ1v) is 7.28. The fraction of sp³-hybridized carbons (Fsp3) is 0.625. The molecule has 0 atom stereocenters. The summed E-state index contributed by atoms with van der Waals surface area (Å²) < 4.78 is 10.7. The van der Waals surface area contributed by atoms with Crippen LogP contribution in [0.2, 0.25) is 0 Å². The van der Waals surface area contributed by atoms with E-state index >= 15 is 0 Å². The second-order valence-corrected chi connectivity index (χ2v) is 4.71. The van der Waals surface area contributed by atoms with Crippen molar-refractivity contribution in [2.75, 3.05) is 26.8 Å². The van der Waals surface area contributed by atoms with Crippen LogP contribution < -0.4 is 10.1 Å². The zero-order valence-electron chi connectivity index (χ0n) is 12.3. The molecule has 108 valence electrons. The van der Waals surface area contributed by atoms with Gasteiger partial charge in [-0.25, -0.2) is 0 Å². The van der Waals surface area contributed by atoms with E-state index in [2.05, 4.69) is 12.2 Å². The van der Waals surface area contributed by atoms with Crippen molar-refractivity contribution < 1.29 is 9.47 Å². The minimum absolute atomic E-state index is 0.668. The van der Waals surface area contributed by atoms with Crippen molar-refractivity contribution in [2.24, 2.45) is 0 Å². The Morgan fingerprint density at radius 3 is 2.47 bits per heavy atom. The van der Waals surface area contributed by atoms with Crippen molar-refractivity contribution in [2.45, 2.75) is 39.2 Å². The number of methoxy groups -OCH3 is 1. The van der Waals surface area contributed by atoms with Gasteiger partial charge in [0.1, 0.15) is 5.75 Å². The molecule has 1 aromatic rings. The molecule has 0 saturated carbocycles. The van der Waals surface area contributed by atoms with Gasteiger partial charge in [0.15, 0.2) is 0 Å². The Kier molecular flexibility index (Phi) is 9.11. The van der Waals surface area contributed by atoms with Crippen LogP contribution in [0.3, 0.4) is 0 Å². The van der Waals surface area contributed by atoms with E-state index < -0.39 is 0 Å². The van der Waals surface area contributed by atoms with Crippen molar-refractivity contribution in [3.63, 3.8) is 0 Å². The van der Waals surface area contributed by atoms with E-state index in [-0.39, 0.29) is 0 Å². The highest BCUT2D eigenvalue weighted by Crippen LogP contribution is 2.11. The van der Waals surface area contributed by atoms with Crippen LogP contribution in [-0.4, -0.2) is 26.8 Å². The van der Waals surface area contributed by atoms with Crippen LogP contribution in [0.15, 0.2) is 24.3 Å². The second kappa shape index (κ2) is 10.8. The highest BCUT2D eigenvalue weighted by molar-refractivity contribution is 5.26. The summed E-state index contributed by atoms with van der Waals surface area (Å²) in [7, 11) is 1.68. The molecule has 0 aliphatic rings. The third-order valence-corrected chi connectivity index (χ3v) is 3.06. The molecule has 0 amide bonds. The molecule has 0 aliphatic carbocycles. The van der Waals surface area contributed by atoms with E-state index in [1.165, 1.54) is 31.2 Å². The van der Waals surface area contributed by atoms with Crippen LogP contribution in [0.5, 0.6) is 5.75 Å². The average molecular weight is 265 g/mol. The minimum atomic E-state index is 0.668. The SMILES string of the molecule is CCCCCCNCCOCc1ccc(OC)cc1. The van der Waals surface area contributed by atoms with Crippen LogP contribution in [0, 0.1) is 0 Å². The predicted octanol–water partition coefficient (Wildman–Crippen LogP) is 3.38. The lowest BCUT2D eigenvalue weighted by Gasteiger charge is -2.07. The van der Waals surface area contributed by atoms with Gasteiger partial charge in [0.25, 0.3) is 0 Å². The van der Waals surface area contributed by atoms with Gasteiger partial charge in [-0.2, -0.15) is 0 Å². The number of unbranched alkanes of at least 4 members (excludes halogenated alkanes) is 3. The van der Waals surface area contributed by atoms with E-state index in [1.807, 2.05) is 24.3 Å². The molecule has 19 heavy (non-hydrogen) atoms. The number of rotatable bonds is 11. The molecule has 0 aromatic heterocycles. The summed E-state index contributed by atoms with van der Waals surface area (Å²) in [4.78, 5) is 0. The van der Waals surface area contributed by atoms with Gasteiger partial charge in [-0.3, -0.25) is 0 Å².